The molecule has 1 aromatic carbocycles. The number of aromatic amines is 1. The van der Waals surface area contributed by atoms with E-state index in [9.17, 15) is 9.59 Å². The molecule has 2 atom stereocenters. The Bertz CT molecular complexity index is 1550. The molecule has 10 nitrogen and oxygen atoms in total. The molecule has 2 aliphatic heterocycles. The number of hydrogen-bond donors (Lipinski definition) is 1. The van der Waals surface area contributed by atoms with Crippen molar-refractivity contribution in [1.82, 2.24) is 24.6 Å². The van der Waals surface area contributed by atoms with Crippen LogP contribution < -0.4 is 4.90 Å². The van der Waals surface area contributed by atoms with Crippen LogP contribution >= 0.6 is 0 Å². The van der Waals surface area contributed by atoms with Gasteiger partial charge in [-0.3, -0.25) is 9.69 Å². The van der Waals surface area contributed by atoms with Crippen molar-refractivity contribution in [2.75, 3.05) is 44.7 Å². The smallest absolute Gasteiger partial charge is 0.410 e. The second-order valence-corrected chi connectivity index (χ2v) is 14.9. The number of amides is 2. The molecular weight excluding hydrogens is 568 g/mol. The average Bonchev–Trinajstić information content (AvgIpc) is 3.60. The molecule has 3 aliphatic rings. The second-order valence-electron chi connectivity index (χ2n) is 14.9. The van der Waals surface area contributed by atoms with Gasteiger partial charge in [0.1, 0.15) is 17.5 Å². The highest BCUT2D eigenvalue weighted by Gasteiger charge is 2.35. The number of benzene rings is 1. The van der Waals surface area contributed by atoms with Crippen molar-refractivity contribution >= 4 is 28.6 Å². The van der Waals surface area contributed by atoms with Gasteiger partial charge in [0, 0.05) is 67.7 Å². The quantitative estimate of drug-likeness (QED) is 0.369. The maximum Gasteiger partial charge on any atom is 0.410 e. The predicted octanol–water partition coefficient (Wildman–Crippen LogP) is 6.15. The van der Waals surface area contributed by atoms with Crippen LogP contribution in [0.3, 0.4) is 0 Å². The van der Waals surface area contributed by atoms with Gasteiger partial charge in [0.15, 0.2) is 0 Å². The number of ether oxygens (including phenoxy) is 2. The van der Waals surface area contributed by atoms with Crippen molar-refractivity contribution in [3.8, 4) is 11.4 Å². The number of carbonyl (C=O) groups is 2. The van der Waals surface area contributed by atoms with Gasteiger partial charge in [-0.15, -0.1) is 0 Å². The molecule has 1 N–H and O–H groups in total. The van der Waals surface area contributed by atoms with Crippen molar-refractivity contribution in [2.24, 2.45) is 5.41 Å². The Morgan fingerprint density at radius 2 is 1.89 bits per heavy atom. The number of carbonyl (C=O) groups excluding carboxylic acids is 2. The van der Waals surface area contributed by atoms with Gasteiger partial charge in [0.2, 0.25) is 5.91 Å². The van der Waals surface area contributed by atoms with Crippen LogP contribution in [0.4, 0.5) is 10.5 Å². The summed E-state index contributed by atoms with van der Waals surface area (Å²) in [5.41, 5.74) is 6.23. The van der Waals surface area contributed by atoms with Crippen LogP contribution in [0.1, 0.15) is 84.7 Å². The lowest BCUT2D eigenvalue weighted by molar-refractivity contribution is -0.123. The number of fused-ring (bicyclic) bond motifs is 2. The minimum absolute atomic E-state index is 0.00747. The van der Waals surface area contributed by atoms with Gasteiger partial charge in [-0.1, -0.05) is 19.9 Å². The third-order valence-corrected chi connectivity index (χ3v) is 9.69. The van der Waals surface area contributed by atoms with Crippen LogP contribution in [0.25, 0.3) is 22.3 Å². The number of aromatic nitrogens is 3. The first-order valence-corrected chi connectivity index (χ1v) is 16.6. The SMILES string of the molecule is C[C@@H](C(=O)N(C)c1ccc2cc(-c3nn(C4CCCCO4)c4c3CCC(C)(C)C4)[nH]c2c1)N1CCN(C(=O)OC(C)(C)C)CC1. The number of nitrogens with zero attached hydrogens (tertiary/aromatic N) is 5. The van der Waals surface area contributed by atoms with Gasteiger partial charge in [0.05, 0.1) is 11.7 Å². The topological polar surface area (TPSA) is 95.9 Å². The Labute approximate surface area is 267 Å². The largest absolute Gasteiger partial charge is 0.444 e. The maximum absolute atomic E-state index is 13.6. The first-order valence-electron chi connectivity index (χ1n) is 16.6. The van der Waals surface area contributed by atoms with Gasteiger partial charge in [0.25, 0.3) is 0 Å². The number of anilines is 1. The number of nitrogens with one attached hydrogen (secondary N) is 1. The van der Waals surface area contributed by atoms with E-state index in [4.69, 9.17) is 14.6 Å². The van der Waals surface area contributed by atoms with Crippen molar-refractivity contribution in [2.45, 2.75) is 97.9 Å². The summed E-state index contributed by atoms with van der Waals surface area (Å²) in [4.78, 5) is 35.4. The Hall–Kier alpha value is -3.37. The highest BCUT2D eigenvalue weighted by atomic mass is 16.6. The number of rotatable bonds is 5. The summed E-state index contributed by atoms with van der Waals surface area (Å²) in [6.45, 7) is 15.4. The zero-order valence-electron chi connectivity index (χ0n) is 28.1. The van der Waals surface area contributed by atoms with E-state index in [-0.39, 0.29) is 29.7 Å². The molecule has 2 saturated heterocycles. The Kier molecular flexibility index (Phi) is 8.50. The van der Waals surface area contributed by atoms with E-state index in [1.54, 1.807) is 9.80 Å². The van der Waals surface area contributed by atoms with Crippen LogP contribution in [0, 0.1) is 5.41 Å². The molecule has 2 amide bonds. The summed E-state index contributed by atoms with van der Waals surface area (Å²) >= 11 is 0. The van der Waals surface area contributed by atoms with Crippen LogP contribution in [-0.4, -0.2) is 88.0 Å². The van der Waals surface area contributed by atoms with Gasteiger partial charge >= 0.3 is 6.09 Å². The number of hydrogen-bond acceptors (Lipinski definition) is 6. The van der Waals surface area contributed by atoms with E-state index in [1.807, 2.05) is 40.8 Å². The van der Waals surface area contributed by atoms with E-state index in [1.165, 1.54) is 17.7 Å². The zero-order chi connectivity index (χ0) is 32.1. The summed E-state index contributed by atoms with van der Waals surface area (Å²) in [5, 5.41) is 6.29. The highest BCUT2D eigenvalue weighted by molar-refractivity contribution is 5.99. The fourth-order valence-corrected chi connectivity index (χ4v) is 6.96. The summed E-state index contributed by atoms with van der Waals surface area (Å²) in [6, 6.07) is 8.02. The number of likely N-dealkylation sites (N-methyl/N-ethyl adjacent to an activating group) is 1. The predicted molar refractivity (Wildman–Crippen MR) is 176 cm³/mol. The maximum atomic E-state index is 13.6. The zero-order valence-corrected chi connectivity index (χ0v) is 28.1. The molecule has 6 rings (SSSR count). The van der Waals surface area contributed by atoms with E-state index in [0.29, 0.717) is 26.2 Å². The van der Waals surface area contributed by atoms with Crippen LogP contribution in [-0.2, 0) is 27.1 Å². The summed E-state index contributed by atoms with van der Waals surface area (Å²) < 4.78 is 13.9. The molecule has 3 aromatic rings. The minimum atomic E-state index is -0.525. The van der Waals surface area contributed by atoms with Gasteiger partial charge in [-0.05, 0) is 89.8 Å². The summed E-state index contributed by atoms with van der Waals surface area (Å²) in [5.74, 6) is 0.0229. The normalized spacial score (nSPS) is 21.4. The Morgan fingerprint density at radius 3 is 2.58 bits per heavy atom. The molecular formula is C35H50N6O4. The molecule has 0 saturated carbocycles. The molecule has 0 bridgehead atoms. The van der Waals surface area contributed by atoms with E-state index < -0.39 is 5.60 Å². The minimum Gasteiger partial charge on any atom is -0.444 e. The molecule has 2 aromatic heterocycles. The standard InChI is InChI=1S/C35H50N6O4/c1-23(39-15-17-40(18-16-39)33(43)45-34(2,3)4)32(42)38(7)25-12-11-24-20-28(36-27(24)21-25)31-26-13-14-35(5,6)22-29(26)41(37-31)30-10-8-9-19-44-30/h11-12,20-21,23,30,36H,8-10,13-19,22H2,1-7H3/t23-,30?/m0/s1. The van der Waals surface area contributed by atoms with Crippen molar-refractivity contribution in [3.63, 3.8) is 0 Å². The molecule has 1 unspecified atom stereocenters. The Balaban J connectivity index is 1.18. The van der Waals surface area contributed by atoms with E-state index in [2.05, 4.69) is 46.6 Å². The van der Waals surface area contributed by atoms with Crippen LogP contribution in [0.5, 0.6) is 0 Å². The monoisotopic (exact) mass is 618 g/mol. The molecule has 10 heteroatoms. The van der Waals surface area contributed by atoms with E-state index in [0.717, 1.165) is 66.7 Å². The number of piperazine rings is 1. The second kappa shape index (κ2) is 12.1. The lowest BCUT2D eigenvalue weighted by Gasteiger charge is -2.38. The van der Waals surface area contributed by atoms with Crippen LogP contribution in [0.2, 0.25) is 0 Å². The van der Waals surface area contributed by atoms with Gasteiger partial charge < -0.3 is 24.3 Å². The van der Waals surface area contributed by atoms with Crippen molar-refractivity contribution in [3.05, 3.63) is 35.5 Å². The molecule has 244 valence electrons. The average molecular weight is 619 g/mol. The Morgan fingerprint density at radius 1 is 1.13 bits per heavy atom. The summed E-state index contributed by atoms with van der Waals surface area (Å²) in [6.07, 6.45) is 6.14. The van der Waals surface area contributed by atoms with Crippen LogP contribution in [0.15, 0.2) is 24.3 Å². The fourth-order valence-electron chi connectivity index (χ4n) is 6.96. The summed E-state index contributed by atoms with van der Waals surface area (Å²) in [7, 11) is 1.84. The lowest BCUT2D eigenvalue weighted by Crippen LogP contribution is -2.55. The third-order valence-electron chi connectivity index (χ3n) is 9.69. The van der Waals surface area contributed by atoms with Gasteiger partial charge in [-0.25, -0.2) is 9.48 Å². The molecule has 1 aliphatic carbocycles. The first-order chi connectivity index (χ1) is 21.3. The van der Waals surface area contributed by atoms with Crippen molar-refractivity contribution < 1.29 is 19.1 Å². The first kappa shape index (κ1) is 31.6. The highest BCUT2D eigenvalue weighted by Crippen LogP contribution is 2.41. The molecule has 45 heavy (non-hydrogen) atoms. The fraction of sp³-hybridized carbons (Fsp3) is 0.629. The van der Waals surface area contributed by atoms with E-state index >= 15 is 0 Å². The van der Waals surface area contributed by atoms with Gasteiger partial charge in [-0.2, -0.15) is 5.10 Å². The molecule has 0 spiro atoms. The molecule has 2 fully saturated rings. The van der Waals surface area contributed by atoms with Crippen molar-refractivity contribution in [1.29, 1.82) is 0 Å². The lowest BCUT2D eigenvalue weighted by atomic mass is 9.76. The number of H-pyrrole nitrogens is 1. The third kappa shape index (κ3) is 6.63. The molecule has 0 radical (unpaired) electrons. The molecule has 4 heterocycles.